The Balaban J connectivity index is 2.71. The Morgan fingerprint density at radius 2 is 1.09 bits per heavy atom. The highest BCUT2D eigenvalue weighted by molar-refractivity contribution is 8.15. The first-order valence-electron chi connectivity index (χ1n) is 12.0. The van der Waals surface area contributed by atoms with Crippen LogP contribution in [0.2, 0.25) is 0 Å². The Kier molecular flexibility index (Phi) is 8.92. The highest BCUT2D eigenvalue weighted by Gasteiger charge is 2.31. The molecular formula is C28H40O3S2. The van der Waals surface area contributed by atoms with Gasteiger partial charge in [0.15, 0.2) is 4.20 Å². The van der Waals surface area contributed by atoms with Gasteiger partial charge in [0.2, 0.25) is 0 Å². The summed E-state index contributed by atoms with van der Waals surface area (Å²) in [5.41, 5.74) is 5.47. The van der Waals surface area contributed by atoms with Crippen molar-refractivity contribution in [3.8, 4) is 5.75 Å². The van der Waals surface area contributed by atoms with Crippen LogP contribution < -0.4 is 4.18 Å². The first-order chi connectivity index (χ1) is 15.2. The van der Waals surface area contributed by atoms with Crippen molar-refractivity contribution in [2.75, 3.05) is 0 Å². The van der Waals surface area contributed by atoms with Crippen molar-refractivity contribution in [3.63, 3.8) is 0 Å². The molecule has 0 saturated carbocycles. The molecule has 0 aliphatic rings. The molecule has 0 amide bonds. The molecule has 0 spiro atoms. The second-order valence-corrected chi connectivity index (χ2v) is 12.6. The summed E-state index contributed by atoms with van der Waals surface area (Å²) in [6.07, 6.45) is 0. The number of rotatable bonds is 8. The predicted octanol–water partition coefficient (Wildman–Crippen LogP) is 8.39. The molecule has 0 saturated heterocycles. The molecule has 0 bridgehead atoms. The van der Waals surface area contributed by atoms with E-state index in [0.29, 0.717) is 17.2 Å². The molecule has 5 heteroatoms. The van der Waals surface area contributed by atoms with E-state index in [2.05, 4.69) is 81.4 Å². The predicted molar refractivity (Wildman–Crippen MR) is 145 cm³/mol. The molecule has 0 aliphatic carbocycles. The minimum absolute atomic E-state index is 0.106. The van der Waals surface area contributed by atoms with Gasteiger partial charge in [0.1, 0.15) is 5.75 Å². The van der Waals surface area contributed by atoms with Crippen LogP contribution in [0.15, 0.2) is 30.3 Å². The molecule has 3 nitrogen and oxygen atoms in total. The molecule has 0 radical (unpaired) electrons. The van der Waals surface area contributed by atoms with Gasteiger partial charge in [-0.2, -0.15) is 8.42 Å². The third-order valence-corrected chi connectivity index (χ3v) is 7.94. The summed E-state index contributed by atoms with van der Waals surface area (Å²) >= 11 is 5.64. The lowest BCUT2D eigenvalue weighted by atomic mass is 9.88. The van der Waals surface area contributed by atoms with E-state index in [1.54, 1.807) is 0 Å². The van der Waals surface area contributed by atoms with Crippen LogP contribution in [0.4, 0.5) is 0 Å². The van der Waals surface area contributed by atoms with Crippen LogP contribution in [0.3, 0.4) is 0 Å². The summed E-state index contributed by atoms with van der Waals surface area (Å²) in [6, 6.07) is 10.1. The van der Waals surface area contributed by atoms with E-state index >= 15 is 0 Å². The summed E-state index contributed by atoms with van der Waals surface area (Å²) in [5.74, 6) is 1.24. The maximum absolute atomic E-state index is 13.7. The summed E-state index contributed by atoms with van der Waals surface area (Å²) in [6.45, 7) is 20.7. The maximum Gasteiger partial charge on any atom is 0.350 e. The van der Waals surface area contributed by atoms with E-state index in [1.165, 1.54) is 5.56 Å². The van der Waals surface area contributed by atoms with Gasteiger partial charge in [-0.25, -0.2) is 0 Å². The lowest BCUT2D eigenvalue weighted by Crippen LogP contribution is -2.24. The first-order valence-corrected chi connectivity index (χ1v) is 13.8. The summed E-state index contributed by atoms with van der Waals surface area (Å²) in [5, 5.41) is 0. The van der Waals surface area contributed by atoms with Crippen LogP contribution in [0.5, 0.6) is 5.75 Å². The zero-order chi connectivity index (χ0) is 25.2. The summed E-state index contributed by atoms with van der Waals surface area (Å²) in [4.78, 5) is 0. The van der Waals surface area contributed by atoms with Crippen molar-refractivity contribution in [2.24, 2.45) is 0 Å². The van der Waals surface area contributed by atoms with Crippen molar-refractivity contribution in [1.29, 1.82) is 0 Å². The van der Waals surface area contributed by atoms with Gasteiger partial charge in [0.05, 0.1) is 0 Å². The van der Waals surface area contributed by atoms with Crippen LogP contribution in [0.25, 0.3) is 0 Å². The van der Waals surface area contributed by atoms with Crippen molar-refractivity contribution in [2.45, 2.75) is 98.8 Å². The average Bonchev–Trinajstić information content (AvgIpc) is 2.71. The molecule has 2 aromatic rings. The standard InChI is InChI=1S/C28H40O3S2/c1-16(2)21-14-24(19(7)8)27(25(15-21)20(9)10)31-33(29,30)28(32)26-22(17(3)4)12-11-13-23(26)18(5)6/h11-20H,1-10H3. The third-order valence-electron chi connectivity index (χ3n) is 6.08. The molecule has 0 aliphatic heterocycles. The van der Waals surface area contributed by atoms with Crippen molar-refractivity contribution >= 4 is 26.5 Å². The van der Waals surface area contributed by atoms with Gasteiger partial charge in [0.25, 0.3) is 0 Å². The van der Waals surface area contributed by atoms with Gasteiger partial charge in [-0.1, -0.05) is 112 Å². The molecule has 182 valence electrons. The second kappa shape index (κ2) is 10.7. The van der Waals surface area contributed by atoms with Crippen LogP contribution in [-0.2, 0) is 10.1 Å². The molecule has 2 rings (SSSR count). The van der Waals surface area contributed by atoms with Crippen molar-refractivity contribution in [1.82, 2.24) is 0 Å². The number of hydrogen-bond acceptors (Lipinski definition) is 4. The second-order valence-electron chi connectivity index (χ2n) is 10.4. The monoisotopic (exact) mass is 488 g/mol. The Bertz CT molecular complexity index is 1050. The third kappa shape index (κ3) is 6.05. The fraction of sp³-hybridized carbons (Fsp3) is 0.536. The van der Waals surface area contributed by atoms with Gasteiger partial charge in [-0.3, -0.25) is 0 Å². The Labute approximate surface area is 207 Å². The molecular weight excluding hydrogens is 448 g/mol. The van der Waals surface area contributed by atoms with Crippen LogP contribution >= 0.6 is 12.2 Å². The molecule has 0 unspecified atom stereocenters. The molecule has 2 aromatic carbocycles. The normalized spacial score (nSPS) is 12.5. The van der Waals surface area contributed by atoms with Crippen molar-refractivity contribution < 1.29 is 12.6 Å². The Hall–Kier alpha value is -1.72. The Morgan fingerprint density at radius 3 is 1.42 bits per heavy atom. The zero-order valence-corrected chi connectivity index (χ0v) is 23.4. The van der Waals surface area contributed by atoms with E-state index in [4.69, 9.17) is 16.4 Å². The van der Waals surface area contributed by atoms with Gasteiger partial charge >= 0.3 is 10.1 Å². The largest absolute Gasteiger partial charge is 0.378 e. The minimum atomic E-state index is -4.19. The fourth-order valence-corrected chi connectivity index (χ4v) is 5.36. The van der Waals surface area contributed by atoms with E-state index in [0.717, 1.165) is 22.3 Å². The number of hydrogen-bond donors (Lipinski definition) is 0. The highest BCUT2D eigenvalue weighted by Crippen LogP contribution is 2.39. The fourth-order valence-electron chi connectivity index (χ4n) is 4.05. The lowest BCUT2D eigenvalue weighted by Gasteiger charge is -2.24. The minimum Gasteiger partial charge on any atom is -0.378 e. The highest BCUT2D eigenvalue weighted by atomic mass is 32.2. The van der Waals surface area contributed by atoms with Crippen LogP contribution in [-0.4, -0.2) is 12.6 Å². The van der Waals surface area contributed by atoms with Gasteiger partial charge in [-0.05, 0) is 57.4 Å². The summed E-state index contributed by atoms with van der Waals surface area (Å²) < 4.78 is 33.1. The van der Waals surface area contributed by atoms with Gasteiger partial charge in [0, 0.05) is 5.56 Å². The molecule has 0 aromatic heterocycles. The zero-order valence-electron chi connectivity index (χ0n) is 21.8. The van der Waals surface area contributed by atoms with E-state index in [9.17, 15) is 8.42 Å². The topological polar surface area (TPSA) is 43.4 Å². The van der Waals surface area contributed by atoms with Crippen LogP contribution in [0.1, 0.15) is 132 Å². The maximum atomic E-state index is 13.7. The van der Waals surface area contributed by atoms with E-state index < -0.39 is 10.1 Å². The molecule has 0 fully saturated rings. The molecule has 0 heterocycles. The number of benzene rings is 2. The van der Waals surface area contributed by atoms with Gasteiger partial charge in [-0.15, -0.1) is 0 Å². The molecule has 0 N–H and O–H groups in total. The lowest BCUT2D eigenvalue weighted by molar-refractivity contribution is 0.489. The van der Waals surface area contributed by atoms with Crippen molar-refractivity contribution in [3.05, 3.63) is 63.7 Å². The van der Waals surface area contributed by atoms with Gasteiger partial charge < -0.3 is 4.18 Å². The SMILES string of the molecule is CC(C)c1cc(C(C)C)c(OS(=O)(=O)C(=S)c2c(C(C)C)cccc2C(C)C)c(C(C)C)c1. The quantitative estimate of drug-likeness (QED) is 0.276. The summed E-state index contributed by atoms with van der Waals surface area (Å²) in [7, 11) is -4.19. The number of thiocarbonyl (C=S) groups is 1. The first kappa shape index (κ1) is 27.5. The van der Waals surface area contributed by atoms with E-state index in [1.807, 2.05) is 18.2 Å². The molecule has 0 atom stereocenters. The smallest absolute Gasteiger partial charge is 0.350 e. The Morgan fingerprint density at radius 1 is 0.697 bits per heavy atom. The van der Waals surface area contributed by atoms with Crippen LogP contribution in [0, 0.1) is 0 Å². The average molecular weight is 489 g/mol. The van der Waals surface area contributed by atoms with E-state index in [-0.39, 0.29) is 27.9 Å². The molecule has 33 heavy (non-hydrogen) atoms.